The molecule has 1 heterocycles. The van der Waals surface area contributed by atoms with E-state index in [1.807, 2.05) is 6.92 Å². The highest BCUT2D eigenvalue weighted by molar-refractivity contribution is 6.01. The summed E-state index contributed by atoms with van der Waals surface area (Å²) in [6.45, 7) is 1.96. The number of benzene rings is 2. The van der Waals surface area contributed by atoms with Crippen LogP contribution in [-0.4, -0.2) is 11.8 Å². The quantitative estimate of drug-likeness (QED) is 0.862. The first-order valence-corrected chi connectivity index (χ1v) is 9.52. The number of amides is 2. The van der Waals surface area contributed by atoms with Gasteiger partial charge in [-0.2, -0.15) is 0 Å². The molecule has 2 aromatic rings. The molecule has 4 rings (SSSR count). The molecular weight excluding hydrogens is 343 g/mol. The number of nitrogens with one attached hydrogen (secondary N) is 2. The minimum absolute atomic E-state index is 0.0708. The third kappa shape index (κ3) is 3.59. The smallest absolute Gasteiger partial charge is 0.228 e. The number of rotatable bonds is 3. The topological polar surface area (TPSA) is 58.2 Å². The molecule has 2 aromatic carbocycles. The van der Waals surface area contributed by atoms with E-state index in [2.05, 4.69) is 28.8 Å². The lowest BCUT2D eigenvalue weighted by molar-refractivity contribution is -0.126. The minimum atomic E-state index is -0.602. The summed E-state index contributed by atoms with van der Waals surface area (Å²) in [5, 5.41) is 5.68. The van der Waals surface area contributed by atoms with Crippen molar-refractivity contribution in [1.29, 1.82) is 0 Å². The highest BCUT2D eigenvalue weighted by atomic mass is 19.1. The van der Waals surface area contributed by atoms with Crippen molar-refractivity contribution < 1.29 is 14.0 Å². The maximum absolute atomic E-state index is 13.5. The van der Waals surface area contributed by atoms with Crippen LogP contribution in [0.15, 0.2) is 36.4 Å². The van der Waals surface area contributed by atoms with E-state index in [4.69, 9.17) is 0 Å². The summed E-state index contributed by atoms with van der Waals surface area (Å²) in [7, 11) is 0. The van der Waals surface area contributed by atoms with Crippen molar-refractivity contribution in [1.82, 2.24) is 5.32 Å². The van der Waals surface area contributed by atoms with E-state index in [0.717, 1.165) is 18.4 Å². The van der Waals surface area contributed by atoms with Gasteiger partial charge in [-0.1, -0.05) is 24.3 Å². The summed E-state index contributed by atoms with van der Waals surface area (Å²) in [5.41, 5.74) is 4.89. The van der Waals surface area contributed by atoms with Gasteiger partial charge in [0, 0.05) is 12.1 Å². The Bertz CT molecular complexity index is 909. The molecule has 2 aliphatic rings. The van der Waals surface area contributed by atoms with Crippen molar-refractivity contribution >= 4 is 17.5 Å². The Hall–Kier alpha value is -2.69. The van der Waals surface area contributed by atoms with E-state index in [9.17, 15) is 14.0 Å². The van der Waals surface area contributed by atoms with Crippen molar-refractivity contribution in [3.8, 4) is 0 Å². The summed E-state index contributed by atoms with van der Waals surface area (Å²) in [5.74, 6) is -1.51. The van der Waals surface area contributed by atoms with E-state index in [1.54, 1.807) is 6.07 Å². The van der Waals surface area contributed by atoms with Crippen LogP contribution in [0.1, 0.15) is 60.4 Å². The Morgan fingerprint density at radius 3 is 2.74 bits per heavy atom. The molecule has 2 atom stereocenters. The van der Waals surface area contributed by atoms with E-state index in [1.165, 1.54) is 36.1 Å². The Morgan fingerprint density at radius 2 is 1.93 bits per heavy atom. The summed E-state index contributed by atoms with van der Waals surface area (Å²) in [6, 6.07) is 10.4. The van der Waals surface area contributed by atoms with Crippen LogP contribution < -0.4 is 10.6 Å². The average molecular weight is 366 g/mol. The van der Waals surface area contributed by atoms with E-state index in [-0.39, 0.29) is 24.3 Å². The molecule has 2 N–H and O–H groups in total. The molecular formula is C22H23FN2O2. The second-order valence-electron chi connectivity index (χ2n) is 7.50. The van der Waals surface area contributed by atoms with Gasteiger partial charge in [0.2, 0.25) is 11.8 Å². The molecule has 1 aliphatic heterocycles. The third-order valence-corrected chi connectivity index (χ3v) is 5.60. The summed E-state index contributed by atoms with van der Waals surface area (Å²) in [4.78, 5) is 24.8. The molecule has 0 saturated carbocycles. The number of hydrogen-bond acceptors (Lipinski definition) is 2. The van der Waals surface area contributed by atoms with Gasteiger partial charge in [-0.15, -0.1) is 0 Å². The van der Waals surface area contributed by atoms with Crippen LogP contribution in [0.2, 0.25) is 0 Å². The molecule has 0 fully saturated rings. The maximum atomic E-state index is 13.5. The van der Waals surface area contributed by atoms with Gasteiger partial charge >= 0.3 is 0 Å². The predicted octanol–water partition coefficient (Wildman–Crippen LogP) is 4.01. The number of halogens is 1. The Kier molecular flexibility index (Phi) is 4.68. The van der Waals surface area contributed by atoms with Gasteiger partial charge in [-0.05, 0) is 67.0 Å². The van der Waals surface area contributed by atoms with Crippen molar-refractivity contribution in [2.75, 3.05) is 5.32 Å². The largest absolute Gasteiger partial charge is 0.349 e. The molecule has 0 radical (unpaired) electrons. The molecule has 0 bridgehead atoms. The Morgan fingerprint density at radius 1 is 1.15 bits per heavy atom. The second-order valence-corrected chi connectivity index (χ2v) is 7.50. The van der Waals surface area contributed by atoms with Crippen LogP contribution in [0, 0.1) is 5.82 Å². The number of carbonyl (C=O) groups excluding carboxylic acids is 2. The summed E-state index contributed by atoms with van der Waals surface area (Å²) >= 11 is 0. The number of anilines is 1. The summed E-state index contributed by atoms with van der Waals surface area (Å²) in [6.07, 6.45) is 4.73. The number of fused-ring (bicyclic) bond motifs is 2. The van der Waals surface area contributed by atoms with Crippen molar-refractivity contribution in [3.05, 3.63) is 64.5 Å². The zero-order valence-corrected chi connectivity index (χ0v) is 15.3. The fourth-order valence-electron chi connectivity index (χ4n) is 4.09. The number of hydrogen-bond donors (Lipinski definition) is 2. The highest BCUT2D eigenvalue weighted by Gasteiger charge is 2.31. The molecule has 0 aromatic heterocycles. The van der Waals surface area contributed by atoms with Crippen LogP contribution in [0.4, 0.5) is 10.1 Å². The second kappa shape index (κ2) is 7.14. The van der Waals surface area contributed by atoms with Gasteiger partial charge in [-0.25, -0.2) is 4.39 Å². The average Bonchev–Trinajstić information content (AvgIpc) is 2.66. The van der Waals surface area contributed by atoms with E-state index >= 15 is 0 Å². The first-order chi connectivity index (χ1) is 13.0. The van der Waals surface area contributed by atoms with Gasteiger partial charge < -0.3 is 10.6 Å². The van der Waals surface area contributed by atoms with Gasteiger partial charge in [0.25, 0.3) is 0 Å². The molecule has 2 amide bonds. The fraction of sp³-hybridized carbons (Fsp3) is 0.364. The van der Waals surface area contributed by atoms with Gasteiger partial charge in [-0.3, -0.25) is 9.59 Å². The van der Waals surface area contributed by atoms with Gasteiger partial charge in [0.15, 0.2) is 0 Å². The number of carbonyl (C=O) groups is 2. The minimum Gasteiger partial charge on any atom is -0.349 e. The normalized spacial score (nSPS) is 19.5. The van der Waals surface area contributed by atoms with Crippen LogP contribution in [0.25, 0.3) is 0 Å². The molecule has 140 valence electrons. The van der Waals surface area contributed by atoms with Crippen LogP contribution in [-0.2, 0) is 22.4 Å². The molecule has 0 spiro atoms. The first kappa shape index (κ1) is 17.7. The van der Waals surface area contributed by atoms with E-state index < -0.39 is 11.7 Å². The van der Waals surface area contributed by atoms with Crippen LogP contribution >= 0.6 is 0 Å². The lowest BCUT2D eigenvalue weighted by Gasteiger charge is -2.27. The lowest BCUT2D eigenvalue weighted by atomic mass is 9.88. The van der Waals surface area contributed by atoms with E-state index in [0.29, 0.717) is 11.3 Å². The summed E-state index contributed by atoms with van der Waals surface area (Å²) < 4.78 is 13.5. The third-order valence-electron chi connectivity index (χ3n) is 5.60. The molecule has 4 nitrogen and oxygen atoms in total. The van der Waals surface area contributed by atoms with Gasteiger partial charge in [0.05, 0.1) is 12.0 Å². The molecule has 1 aliphatic carbocycles. The zero-order chi connectivity index (χ0) is 19.0. The van der Waals surface area contributed by atoms with Crippen LogP contribution in [0.3, 0.4) is 0 Å². The standard InChI is InChI=1S/C22H23FN2O2/c1-13(15-7-6-14-4-2-3-5-16(14)10-15)24-22(27)19-12-21(26)25-20-11-17(23)8-9-18(19)20/h6-11,13,19H,2-5,12H2,1H3,(H,24,27)(H,25,26). The van der Waals surface area contributed by atoms with Crippen molar-refractivity contribution in [2.45, 2.75) is 51.0 Å². The molecule has 0 saturated heterocycles. The maximum Gasteiger partial charge on any atom is 0.228 e. The monoisotopic (exact) mass is 366 g/mol. The predicted molar refractivity (Wildman–Crippen MR) is 102 cm³/mol. The van der Waals surface area contributed by atoms with Crippen LogP contribution in [0.5, 0.6) is 0 Å². The Labute approximate surface area is 158 Å². The zero-order valence-electron chi connectivity index (χ0n) is 15.3. The highest BCUT2D eigenvalue weighted by Crippen LogP contribution is 2.33. The van der Waals surface area contributed by atoms with Gasteiger partial charge in [0.1, 0.15) is 5.82 Å². The molecule has 2 unspecified atom stereocenters. The molecule has 27 heavy (non-hydrogen) atoms. The van der Waals surface area contributed by atoms with Crippen molar-refractivity contribution in [3.63, 3.8) is 0 Å². The molecule has 5 heteroatoms. The Balaban J connectivity index is 1.53. The fourth-order valence-corrected chi connectivity index (χ4v) is 4.09. The SMILES string of the molecule is CC(NC(=O)C1CC(=O)Nc2cc(F)ccc21)c1ccc2c(c1)CCCC2. The first-order valence-electron chi connectivity index (χ1n) is 9.52. The number of aryl methyl sites for hydroxylation is 2. The van der Waals surface area contributed by atoms with Crippen molar-refractivity contribution in [2.24, 2.45) is 0 Å². The lowest BCUT2D eigenvalue weighted by Crippen LogP contribution is -2.36.